The van der Waals surface area contributed by atoms with Gasteiger partial charge in [0.2, 0.25) is 5.91 Å². The Bertz CT molecular complexity index is 1060. The maximum atomic E-state index is 13.1. The molecule has 0 aliphatic carbocycles. The van der Waals surface area contributed by atoms with Crippen molar-refractivity contribution in [1.82, 2.24) is 15.1 Å². The lowest BCUT2D eigenvalue weighted by Crippen LogP contribution is -2.46. The van der Waals surface area contributed by atoms with Crippen molar-refractivity contribution in [3.05, 3.63) is 57.6 Å². The summed E-state index contributed by atoms with van der Waals surface area (Å²) in [6.07, 6.45) is 3.20. The van der Waals surface area contributed by atoms with Crippen molar-refractivity contribution in [2.24, 2.45) is 5.92 Å². The molecule has 3 fully saturated rings. The molecule has 1 N–H and O–H groups in total. The first-order chi connectivity index (χ1) is 17.0. The molecule has 1 atom stereocenters. The third-order valence-electron chi connectivity index (χ3n) is 7.44. The van der Waals surface area contributed by atoms with E-state index in [1.54, 1.807) is 0 Å². The highest BCUT2D eigenvalue weighted by molar-refractivity contribution is 6.36. The van der Waals surface area contributed by atoms with Crippen LogP contribution in [-0.2, 0) is 16.0 Å². The molecule has 0 unspecified atom stereocenters. The number of piperazine rings is 1. The van der Waals surface area contributed by atoms with E-state index >= 15 is 0 Å². The fraction of sp³-hybridized carbons (Fsp3) is 0.481. The Kier molecular flexibility index (Phi) is 7.63. The van der Waals surface area contributed by atoms with E-state index in [2.05, 4.69) is 5.32 Å². The van der Waals surface area contributed by atoms with Crippen molar-refractivity contribution in [2.45, 2.75) is 31.7 Å². The van der Waals surface area contributed by atoms with Crippen molar-refractivity contribution in [1.29, 1.82) is 0 Å². The van der Waals surface area contributed by atoms with Crippen LogP contribution < -0.4 is 5.32 Å². The predicted molar refractivity (Wildman–Crippen MR) is 138 cm³/mol. The van der Waals surface area contributed by atoms with Gasteiger partial charge in [-0.15, -0.1) is 0 Å². The Hall–Kier alpha value is -2.12. The first kappa shape index (κ1) is 24.6. The molecule has 35 heavy (non-hydrogen) atoms. The van der Waals surface area contributed by atoms with Crippen LogP contribution in [0.5, 0.6) is 0 Å². The number of halogens is 2. The Balaban J connectivity index is 1.27. The largest absolute Gasteiger partial charge is 0.381 e. The molecule has 3 aliphatic rings. The van der Waals surface area contributed by atoms with E-state index in [9.17, 15) is 9.59 Å². The summed E-state index contributed by atoms with van der Waals surface area (Å²) in [7, 11) is 0. The second kappa shape index (κ2) is 10.9. The summed E-state index contributed by atoms with van der Waals surface area (Å²) in [5.74, 6) is 0.173. The Morgan fingerprint density at radius 2 is 1.60 bits per heavy atom. The van der Waals surface area contributed by atoms with Crippen LogP contribution in [0.3, 0.4) is 0 Å². The zero-order valence-electron chi connectivity index (χ0n) is 19.8. The molecule has 0 spiro atoms. The summed E-state index contributed by atoms with van der Waals surface area (Å²) < 4.78 is 5.45. The summed E-state index contributed by atoms with van der Waals surface area (Å²) in [6, 6.07) is 11.7. The van der Waals surface area contributed by atoms with Crippen LogP contribution in [0.4, 0.5) is 0 Å². The Morgan fingerprint density at radius 3 is 2.26 bits per heavy atom. The van der Waals surface area contributed by atoms with Crippen molar-refractivity contribution in [2.75, 3.05) is 45.9 Å². The van der Waals surface area contributed by atoms with Gasteiger partial charge in [0, 0.05) is 73.5 Å². The van der Waals surface area contributed by atoms with Gasteiger partial charge < -0.3 is 19.9 Å². The third kappa shape index (κ3) is 5.36. The van der Waals surface area contributed by atoms with Gasteiger partial charge in [0.05, 0.1) is 0 Å². The normalized spacial score (nSPS) is 21.5. The fourth-order valence-corrected chi connectivity index (χ4v) is 6.02. The molecule has 2 aromatic carbocycles. The molecule has 8 heteroatoms. The number of carbonyl (C=O) groups is 2. The predicted octanol–water partition coefficient (Wildman–Crippen LogP) is 4.28. The van der Waals surface area contributed by atoms with Crippen molar-refractivity contribution < 1.29 is 14.3 Å². The molecule has 3 aliphatic heterocycles. The topological polar surface area (TPSA) is 61.9 Å². The van der Waals surface area contributed by atoms with E-state index < -0.39 is 0 Å². The molecule has 0 aromatic heterocycles. The fourth-order valence-electron chi connectivity index (χ4n) is 5.38. The monoisotopic (exact) mass is 515 g/mol. The van der Waals surface area contributed by atoms with Gasteiger partial charge in [-0.1, -0.05) is 35.3 Å². The van der Waals surface area contributed by atoms with Gasteiger partial charge >= 0.3 is 0 Å². The standard InChI is InChI=1S/C27H31Cl2N3O3/c28-24-16-21(18-1-3-19(4-2-18)26(33)31-11-8-30-9-12-31)17-25(29)23(24)15-20-5-10-32(27(20)34)22-6-13-35-14-7-22/h1-4,16-17,20,22,30H,5-15H2/t20-/m0/s1. The quantitative estimate of drug-likeness (QED) is 0.645. The van der Waals surface area contributed by atoms with Gasteiger partial charge in [0.25, 0.3) is 5.91 Å². The van der Waals surface area contributed by atoms with E-state index in [-0.39, 0.29) is 23.8 Å². The second-order valence-electron chi connectivity index (χ2n) is 9.60. The van der Waals surface area contributed by atoms with Crippen molar-refractivity contribution in [3.8, 4) is 11.1 Å². The van der Waals surface area contributed by atoms with Crippen molar-refractivity contribution >= 4 is 35.0 Å². The van der Waals surface area contributed by atoms with Gasteiger partial charge in [-0.3, -0.25) is 9.59 Å². The smallest absolute Gasteiger partial charge is 0.253 e. The summed E-state index contributed by atoms with van der Waals surface area (Å²) in [4.78, 5) is 29.7. The number of nitrogens with zero attached hydrogens (tertiary/aromatic N) is 2. The molecule has 186 valence electrons. The third-order valence-corrected chi connectivity index (χ3v) is 8.12. The summed E-state index contributed by atoms with van der Waals surface area (Å²) in [5.41, 5.74) is 3.35. The van der Waals surface area contributed by atoms with Crippen LogP contribution >= 0.6 is 23.2 Å². The van der Waals surface area contributed by atoms with Crippen LogP contribution in [0.1, 0.15) is 35.2 Å². The minimum Gasteiger partial charge on any atom is -0.381 e. The molecule has 0 radical (unpaired) electrons. The summed E-state index contributed by atoms with van der Waals surface area (Å²) in [6.45, 7) is 5.35. The summed E-state index contributed by atoms with van der Waals surface area (Å²) in [5, 5.41) is 4.41. The van der Waals surface area contributed by atoms with E-state index in [0.29, 0.717) is 22.0 Å². The second-order valence-corrected chi connectivity index (χ2v) is 10.4. The molecular formula is C27H31Cl2N3O3. The zero-order valence-corrected chi connectivity index (χ0v) is 21.3. The van der Waals surface area contributed by atoms with E-state index in [0.717, 1.165) is 81.9 Å². The lowest BCUT2D eigenvalue weighted by atomic mass is 9.95. The SMILES string of the molecule is O=C(c1ccc(-c2cc(Cl)c(C[C@@H]3CCN(C4CCOCC4)C3=O)c(Cl)c2)cc1)N1CCNCC1. The van der Waals surface area contributed by atoms with Crippen LogP contribution in [-0.4, -0.2) is 73.6 Å². The molecule has 5 rings (SSSR count). The van der Waals surface area contributed by atoms with Crippen LogP contribution in [0, 0.1) is 5.92 Å². The van der Waals surface area contributed by atoms with Crippen LogP contribution in [0.25, 0.3) is 11.1 Å². The average molecular weight is 516 g/mol. The molecule has 0 bridgehead atoms. The first-order valence-electron chi connectivity index (χ1n) is 12.5. The minimum atomic E-state index is -0.0889. The number of rotatable bonds is 5. The molecule has 3 saturated heterocycles. The summed E-state index contributed by atoms with van der Waals surface area (Å²) >= 11 is 13.4. The number of likely N-dealkylation sites (tertiary alicyclic amines) is 1. The van der Waals surface area contributed by atoms with Crippen molar-refractivity contribution in [3.63, 3.8) is 0 Å². The zero-order chi connectivity index (χ0) is 24.4. The van der Waals surface area contributed by atoms with Gasteiger partial charge in [0.15, 0.2) is 0 Å². The number of amides is 2. The highest BCUT2D eigenvalue weighted by Crippen LogP contribution is 2.36. The van der Waals surface area contributed by atoms with E-state index in [1.165, 1.54) is 0 Å². The number of carbonyl (C=O) groups excluding carboxylic acids is 2. The molecule has 0 saturated carbocycles. The van der Waals surface area contributed by atoms with Crippen LogP contribution in [0.15, 0.2) is 36.4 Å². The maximum Gasteiger partial charge on any atom is 0.253 e. The van der Waals surface area contributed by atoms with Gasteiger partial charge in [0.1, 0.15) is 0 Å². The van der Waals surface area contributed by atoms with Gasteiger partial charge in [-0.2, -0.15) is 0 Å². The molecule has 2 aromatic rings. The molecule has 6 nitrogen and oxygen atoms in total. The molecule has 3 heterocycles. The Morgan fingerprint density at radius 1 is 0.943 bits per heavy atom. The first-order valence-corrected chi connectivity index (χ1v) is 13.2. The lowest BCUT2D eigenvalue weighted by Gasteiger charge is -2.31. The maximum absolute atomic E-state index is 13.1. The van der Waals surface area contributed by atoms with E-state index in [4.69, 9.17) is 27.9 Å². The number of ether oxygens (including phenoxy) is 1. The minimum absolute atomic E-state index is 0.0560. The Labute approximate surface area is 216 Å². The molecular weight excluding hydrogens is 485 g/mol. The lowest BCUT2D eigenvalue weighted by molar-refractivity contribution is -0.134. The van der Waals surface area contributed by atoms with Gasteiger partial charge in [-0.25, -0.2) is 0 Å². The van der Waals surface area contributed by atoms with E-state index in [1.807, 2.05) is 46.2 Å². The number of nitrogens with one attached hydrogen (secondary N) is 1. The average Bonchev–Trinajstić information content (AvgIpc) is 3.26. The highest BCUT2D eigenvalue weighted by Gasteiger charge is 2.37. The van der Waals surface area contributed by atoms with Crippen LogP contribution in [0.2, 0.25) is 10.0 Å². The molecule has 2 amide bonds. The highest BCUT2D eigenvalue weighted by atomic mass is 35.5. The number of hydrogen-bond donors (Lipinski definition) is 1. The number of benzene rings is 2. The number of hydrogen-bond acceptors (Lipinski definition) is 4. The van der Waals surface area contributed by atoms with Gasteiger partial charge in [-0.05, 0) is 66.6 Å².